The average Bonchev–Trinajstić information content (AvgIpc) is 2.74. The minimum absolute atomic E-state index is 0.0401. The van der Waals surface area contributed by atoms with Gasteiger partial charge in [0.15, 0.2) is 24.1 Å². The van der Waals surface area contributed by atoms with Gasteiger partial charge in [0.25, 0.3) is 0 Å². The first-order valence-electron chi connectivity index (χ1n) is 9.96. The van der Waals surface area contributed by atoms with Gasteiger partial charge in [0, 0.05) is 41.4 Å². The molecule has 1 saturated carbocycles. The highest BCUT2D eigenvalue weighted by Gasteiger charge is 2.29. The van der Waals surface area contributed by atoms with Gasteiger partial charge in [-0.05, 0) is 37.0 Å². The molecule has 2 rings (SSSR count). The molecule has 0 heterocycles. The van der Waals surface area contributed by atoms with E-state index in [-0.39, 0.29) is 22.8 Å². The summed E-state index contributed by atoms with van der Waals surface area (Å²) >= 11 is 0. The van der Waals surface area contributed by atoms with Gasteiger partial charge in [-0.15, -0.1) is 0 Å². The normalized spacial score (nSPS) is 21.1. The number of rotatable bonds is 8. The van der Waals surface area contributed by atoms with E-state index in [1.807, 2.05) is 6.92 Å². The number of benzene rings is 1. The molecule has 170 valence electrons. The summed E-state index contributed by atoms with van der Waals surface area (Å²) in [5.74, 6) is 1.57. The molecule has 0 saturated heterocycles. The number of hydrogen-bond donors (Lipinski definition) is 2. The molecule has 1 aromatic rings. The maximum Gasteiger partial charge on any atom is 0.422 e. The lowest BCUT2D eigenvalue weighted by Gasteiger charge is -2.30. The lowest BCUT2D eigenvalue weighted by atomic mass is 9.95. The minimum Gasteiger partial charge on any atom is -0.493 e. The summed E-state index contributed by atoms with van der Waals surface area (Å²) in [6.45, 7) is 0.983. The van der Waals surface area contributed by atoms with E-state index in [1.54, 1.807) is 19.2 Å². The third kappa shape index (κ3) is 7.70. The van der Waals surface area contributed by atoms with Crippen molar-refractivity contribution in [3.8, 4) is 11.5 Å². The molecular weight excluding hydrogens is 419 g/mol. The SMILES string of the molecule is CCS(=O)C1CCCC(NC(=NC)NCc2ccc(OCC(F)(F)F)c(OC)c2)C1. The van der Waals surface area contributed by atoms with Gasteiger partial charge in [0.2, 0.25) is 0 Å². The lowest BCUT2D eigenvalue weighted by molar-refractivity contribution is -0.153. The van der Waals surface area contributed by atoms with Gasteiger partial charge < -0.3 is 20.1 Å². The second-order valence-electron chi connectivity index (χ2n) is 7.11. The van der Waals surface area contributed by atoms with Crippen molar-refractivity contribution in [1.82, 2.24) is 10.6 Å². The molecule has 1 fully saturated rings. The number of alkyl halides is 3. The molecule has 2 N–H and O–H groups in total. The van der Waals surface area contributed by atoms with Crippen molar-refractivity contribution >= 4 is 16.8 Å². The van der Waals surface area contributed by atoms with Crippen molar-refractivity contribution in [1.29, 1.82) is 0 Å². The molecule has 3 unspecified atom stereocenters. The molecule has 0 aliphatic heterocycles. The van der Waals surface area contributed by atoms with E-state index in [0.29, 0.717) is 18.3 Å². The molecule has 0 amide bonds. The standard InChI is InChI=1S/C20H30F3N3O3S/c1-4-30(27)16-7-5-6-15(11-16)26-19(24-2)25-12-14-8-9-17(18(10-14)28-3)29-13-20(21,22)23/h8-10,15-16H,4-7,11-13H2,1-3H3,(H2,24,25,26). The van der Waals surface area contributed by atoms with Crippen LogP contribution in [-0.4, -0.2) is 54.2 Å². The van der Waals surface area contributed by atoms with Crippen LogP contribution in [0.15, 0.2) is 23.2 Å². The van der Waals surface area contributed by atoms with Crippen LogP contribution in [0.25, 0.3) is 0 Å². The van der Waals surface area contributed by atoms with Crippen LogP contribution in [0.5, 0.6) is 11.5 Å². The number of halogens is 3. The fourth-order valence-corrected chi connectivity index (χ4v) is 4.77. The molecule has 0 aromatic heterocycles. The van der Waals surface area contributed by atoms with Gasteiger partial charge in [-0.3, -0.25) is 9.20 Å². The van der Waals surface area contributed by atoms with E-state index in [4.69, 9.17) is 9.47 Å². The van der Waals surface area contributed by atoms with Crippen LogP contribution in [0, 0.1) is 0 Å². The molecule has 0 bridgehead atoms. The van der Waals surface area contributed by atoms with E-state index in [2.05, 4.69) is 15.6 Å². The Morgan fingerprint density at radius 3 is 2.70 bits per heavy atom. The quantitative estimate of drug-likeness (QED) is 0.470. The van der Waals surface area contributed by atoms with Gasteiger partial charge >= 0.3 is 6.18 Å². The highest BCUT2D eigenvalue weighted by Crippen LogP contribution is 2.30. The third-order valence-electron chi connectivity index (χ3n) is 4.93. The maximum atomic E-state index is 12.4. The Hall–Kier alpha value is -1.97. The monoisotopic (exact) mass is 449 g/mol. The van der Waals surface area contributed by atoms with Crippen LogP contribution in [0.1, 0.15) is 38.2 Å². The van der Waals surface area contributed by atoms with Crippen LogP contribution >= 0.6 is 0 Å². The second-order valence-corrected chi connectivity index (χ2v) is 9.12. The van der Waals surface area contributed by atoms with Crippen molar-refractivity contribution in [2.24, 2.45) is 4.99 Å². The number of methoxy groups -OCH3 is 1. The summed E-state index contributed by atoms with van der Waals surface area (Å²) in [7, 11) is 2.26. The van der Waals surface area contributed by atoms with E-state index < -0.39 is 23.6 Å². The van der Waals surface area contributed by atoms with Gasteiger partial charge in [-0.25, -0.2) is 0 Å². The van der Waals surface area contributed by atoms with Crippen LogP contribution in [0.4, 0.5) is 13.2 Å². The number of hydrogen-bond acceptors (Lipinski definition) is 4. The summed E-state index contributed by atoms with van der Waals surface area (Å²) in [6.07, 6.45) is -0.544. The molecule has 6 nitrogen and oxygen atoms in total. The first-order valence-corrected chi connectivity index (χ1v) is 11.3. The molecule has 30 heavy (non-hydrogen) atoms. The largest absolute Gasteiger partial charge is 0.493 e. The maximum absolute atomic E-state index is 12.4. The van der Waals surface area contributed by atoms with Gasteiger partial charge in [-0.1, -0.05) is 19.4 Å². The summed E-state index contributed by atoms with van der Waals surface area (Å²) in [5.41, 5.74) is 0.808. The Balaban J connectivity index is 1.92. The van der Waals surface area contributed by atoms with Crippen molar-refractivity contribution in [3.63, 3.8) is 0 Å². The first-order chi connectivity index (χ1) is 14.3. The van der Waals surface area contributed by atoms with Gasteiger partial charge in [-0.2, -0.15) is 13.2 Å². The molecule has 10 heteroatoms. The van der Waals surface area contributed by atoms with E-state index in [1.165, 1.54) is 13.2 Å². The number of guanidine groups is 1. The van der Waals surface area contributed by atoms with Crippen LogP contribution in [0.2, 0.25) is 0 Å². The molecule has 1 aliphatic carbocycles. The molecule has 1 aliphatic rings. The van der Waals surface area contributed by atoms with E-state index >= 15 is 0 Å². The minimum atomic E-state index is -4.41. The van der Waals surface area contributed by atoms with Crippen molar-refractivity contribution < 1.29 is 26.9 Å². The molecule has 1 aromatic carbocycles. The zero-order valence-electron chi connectivity index (χ0n) is 17.6. The zero-order valence-corrected chi connectivity index (χ0v) is 18.4. The molecule has 0 spiro atoms. The van der Waals surface area contributed by atoms with Crippen molar-refractivity contribution in [2.75, 3.05) is 26.5 Å². The fraction of sp³-hybridized carbons (Fsp3) is 0.650. The molecular formula is C20H30F3N3O3S. The smallest absolute Gasteiger partial charge is 0.422 e. The Morgan fingerprint density at radius 1 is 1.30 bits per heavy atom. The Labute approximate surface area is 178 Å². The molecule has 3 atom stereocenters. The van der Waals surface area contributed by atoms with Gasteiger partial charge in [0.05, 0.1) is 7.11 Å². The average molecular weight is 450 g/mol. The number of aliphatic imine (C=N–C) groups is 1. The summed E-state index contributed by atoms with van der Waals surface area (Å²) in [6, 6.07) is 4.98. The number of ether oxygens (including phenoxy) is 2. The highest BCUT2D eigenvalue weighted by atomic mass is 32.2. The second kappa shape index (κ2) is 11.4. The van der Waals surface area contributed by atoms with Crippen LogP contribution < -0.4 is 20.1 Å². The number of nitrogens with zero attached hydrogens (tertiary/aromatic N) is 1. The summed E-state index contributed by atoms with van der Waals surface area (Å²) in [4.78, 5) is 4.24. The predicted octanol–water partition coefficient (Wildman–Crippen LogP) is 3.38. The van der Waals surface area contributed by atoms with E-state index in [0.717, 1.165) is 31.2 Å². The number of nitrogens with one attached hydrogen (secondary N) is 2. The summed E-state index contributed by atoms with van der Waals surface area (Å²) in [5, 5.41) is 6.81. The zero-order chi connectivity index (χ0) is 22.1. The van der Waals surface area contributed by atoms with Crippen molar-refractivity contribution in [2.45, 2.75) is 56.6 Å². The van der Waals surface area contributed by atoms with Crippen LogP contribution in [0.3, 0.4) is 0 Å². The topological polar surface area (TPSA) is 72.0 Å². The third-order valence-corrected chi connectivity index (χ3v) is 6.67. The van der Waals surface area contributed by atoms with Gasteiger partial charge in [0.1, 0.15) is 0 Å². The van der Waals surface area contributed by atoms with Crippen molar-refractivity contribution in [3.05, 3.63) is 23.8 Å². The summed E-state index contributed by atoms with van der Waals surface area (Å²) < 4.78 is 59.2. The Bertz CT molecular complexity index is 744. The predicted molar refractivity (Wildman–Crippen MR) is 113 cm³/mol. The Kier molecular flexibility index (Phi) is 9.26. The first kappa shape index (κ1) is 24.3. The molecule has 0 radical (unpaired) electrons. The van der Waals surface area contributed by atoms with Crippen LogP contribution in [-0.2, 0) is 17.3 Å². The Morgan fingerprint density at radius 2 is 2.07 bits per heavy atom. The highest BCUT2D eigenvalue weighted by molar-refractivity contribution is 7.85. The van der Waals surface area contributed by atoms with E-state index in [9.17, 15) is 17.4 Å². The lowest BCUT2D eigenvalue weighted by Crippen LogP contribution is -2.46. The fourth-order valence-electron chi connectivity index (χ4n) is 3.43.